The maximum absolute atomic E-state index is 13.3. The number of alkyl halides is 1. The van der Waals surface area contributed by atoms with Crippen molar-refractivity contribution in [1.82, 2.24) is 19.7 Å². The molecule has 1 aliphatic rings. The van der Waals surface area contributed by atoms with Gasteiger partial charge in [-0.25, -0.2) is 4.39 Å². The first kappa shape index (κ1) is 35.8. The predicted octanol–water partition coefficient (Wildman–Crippen LogP) is 4.91. The Balaban J connectivity index is 0.000000335. The lowest BCUT2D eigenvalue weighted by Gasteiger charge is -2.37. The number of rotatable bonds is 9. The summed E-state index contributed by atoms with van der Waals surface area (Å²) in [6.07, 6.45) is 2.37. The van der Waals surface area contributed by atoms with Crippen molar-refractivity contribution in [2.75, 3.05) is 78.1 Å². The molecular formula is C33H53FN6OS. The number of hydrogen-bond donors (Lipinski definition) is 2. The molecule has 1 aromatic heterocycles. The van der Waals surface area contributed by atoms with Gasteiger partial charge in [0.05, 0.1) is 0 Å². The predicted molar refractivity (Wildman–Crippen MR) is 181 cm³/mol. The summed E-state index contributed by atoms with van der Waals surface area (Å²) in [4.78, 5) is 20.9. The summed E-state index contributed by atoms with van der Waals surface area (Å²) in [5, 5.41) is 5.07. The number of halogens is 1. The minimum absolute atomic E-state index is 0.0376. The number of aryl methyl sites for hydroxylation is 1. The Labute approximate surface area is 257 Å². The molecule has 0 amide bonds. The summed E-state index contributed by atoms with van der Waals surface area (Å²) < 4.78 is 15.0. The number of anilines is 1. The van der Waals surface area contributed by atoms with Gasteiger partial charge in [-0.15, -0.1) is 11.8 Å². The van der Waals surface area contributed by atoms with E-state index in [1.165, 1.54) is 4.90 Å². The number of pyridine rings is 1. The molecule has 1 fully saturated rings. The molecule has 7 nitrogen and oxygen atoms in total. The summed E-state index contributed by atoms with van der Waals surface area (Å²) >= 11 is 1.77. The highest BCUT2D eigenvalue weighted by atomic mass is 32.2. The second kappa shape index (κ2) is 18.3. The highest BCUT2D eigenvalue weighted by Crippen LogP contribution is 2.28. The fourth-order valence-corrected chi connectivity index (χ4v) is 5.40. The number of thioether (sulfide) groups is 1. The number of piperazine rings is 1. The molecule has 1 saturated heterocycles. The van der Waals surface area contributed by atoms with Crippen molar-refractivity contribution in [3.63, 3.8) is 0 Å². The Morgan fingerprint density at radius 2 is 1.69 bits per heavy atom. The molecule has 2 atom stereocenters. The van der Waals surface area contributed by atoms with Crippen LogP contribution in [0, 0.1) is 6.92 Å². The molecule has 1 aliphatic heterocycles. The SMILES string of the molecule is CN(C)CCCN.CN[C@H](C)c1cc(C)cc2c(=O)n(C)c(N3CCN(CC(C)F)CC3)cc12.CSc1ccccc1. The third-order valence-electron chi connectivity index (χ3n) is 7.40. The lowest BCUT2D eigenvalue weighted by Crippen LogP contribution is -2.49. The maximum Gasteiger partial charge on any atom is 0.259 e. The van der Waals surface area contributed by atoms with Gasteiger partial charge in [0.15, 0.2) is 0 Å². The Kier molecular flexibility index (Phi) is 15.6. The molecule has 3 aromatic rings. The Bertz CT molecular complexity index is 1260. The lowest BCUT2D eigenvalue weighted by atomic mass is 9.97. The highest BCUT2D eigenvalue weighted by Gasteiger charge is 2.22. The molecule has 0 saturated carbocycles. The number of benzene rings is 2. The zero-order valence-corrected chi connectivity index (χ0v) is 27.8. The van der Waals surface area contributed by atoms with E-state index in [0.717, 1.165) is 73.4 Å². The van der Waals surface area contributed by atoms with Crippen LogP contribution in [0.1, 0.15) is 37.4 Å². The fourth-order valence-electron chi connectivity index (χ4n) is 4.97. The minimum atomic E-state index is -0.810. The molecule has 234 valence electrons. The van der Waals surface area contributed by atoms with Crippen LogP contribution in [0.2, 0.25) is 0 Å². The fraction of sp³-hybridized carbons (Fsp3) is 0.545. The van der Waals surface area contributed by atoms with E-state index in [-0.39, 0.29) is 11.6 Å². The maximum atomic E-state index is 13.3. The average molecular weight is 601 g/mol. The Morgan fingerprint density at radius 3 is 2.17 bits per heavy atom. The van der Waals surface area contributed by atoms with Gasteiger partial charge >= 0.3 is 0 Å². The Morgan fingerprint density at radius 1 is 1.05 bits per heavy atom. The van der Waals surface area contributed by atoms with Crippen molar-refractivity contribution in [2.45, 2.75) is 44.3 Å². The molecule has 0 spiro atoms. The molecule has 0 aliphatic carbocycles. The van der Waals surface area contributed by atoms with Gasteiger partial charge in [0.25, 0.3) is 5.56 Å². The molecule has 0 bridgehead atoms. The number of fused-ring (bicyclic) bond motifs is 1. The van der Waals surface area contributed by atoms with E-state index in [4.69, 9.17) is 5.73 Å². The van der Waals surface area contributed by atoms with E-state index < -0.39 is 6.17 Å². The van der Waals surface area contributed by atoms with Crippen molar-refractivity contribution >= 4 is 28.4 Å². The molecular weight excluding hydrogens is 547 g/mol. The van der Waals surface area contributed by atoms with Gasteiger partial charge in [-0.2, -0.15) is 0 Å². The first-order valence-electron chi connectivity index (χ1n) is 14.9. The number of hydrogen-bond acceptors (Lipinski definition) is 7. The lowest BCUT2D eigenvalue weighted by molar-refractivity contribution is 0.192. The van der Waals surface area contributed by atoms with Gasteiger partial charge in [0.1, 0.15) is 12.0 Å². The van der Waals surface area contributed by atoms with E-state index in [1.54, 1.807) is 23.3 Å². The molecule has 1 unspecified atom stereocenters. The first-order chi connectivity index (χ1) is 20.0. The molecule has 0 radical (unpaired) electrons. The number of aromatic nitrogens is 1. The second-order valence-corrected chi connectivity index (χ2v) is 12.1. The average Bonchev–Trinajstić information content (AvgIpc) is 2.98. The van der Waals surface area contributed by atoms with Crippen LogP contribution < -0.4 is 21.5 Å². The van der Waals surface area contributed by atoms with Crippen molar-refractivity contribution in [3.05, 3.63) is 70.0 Å². The van der Waals surface area contributed by atoms with Crippen LogP contribution in [0.3, 0.4) is 0 Å². The largest absolute Gasteiger partial charge is 0.355 e. The summed E-state index contributed by atoms with van der Waals surface area (Å²) in [5.74, 6) is 0.939. The number of nitrogens with two attached hydrogens (primary N) is 1. The van der Waals surface area contributed by atoms with Gasteiger partial charge < -0.3 is 20.9 Å². The van der Waals surface area contributed by atoms with Crippen molar-refractivity contribution in [2.24, 2.45) is 12.8 Å². The van der Waals surface area contributed by atoms with E-state index in [9.17, 15) is 9.18 Å². The van der Waals surface area contributed by atoms with Gasteiger partial charge in [0, 0.05) is 56.1 Å². The van der Waals surface area contributed by atoms with Gasteiger partial charge in [0.2, 0.25) is 0 Å². The van der Waals surface area contributed by atoms with E-state index in [1.807, 2.05) is 45.3 Å². The van der Waals surface area contributed by atoms with Crippen LogP contribution in [-0.4, -0.2) is 93.8 Å². The summed E-state index contributed by atoms with van der Waals surface area (Å²) in [7, 11) is 7.88. The number of nitrogens with one attached hydrogen (secondary N) is 1. The van der Waals surface area contributed by atoms with Gasteiger partial charge in [-0.1, -0.05) is 24.3 Å². The normalized spacial score (nSPS) is 15.1. The molecule has 9 heteroatoms. The smallest absolute Gasteiger partial charge is 0.259 e. The van der Waals surface area contributed by atoms with Crippen LogP contribution in [0.4, 0.5) is 10.2 Å². The highest BCUT2D eigenvalue weighted by molar-refractivity contribution is 7.98. The van der Waals surface area contributed by atoms with Crippen LogP contribution in [0.25, 0.3) is 10.8 Å². The molecule has 42 heavy (non-hydrogen) atoms. The van der Waals surface area contributed by atoms with E-state index in [2.05, 4.69) is 71.6 Å². The topological polar surface area (TPSA) is 69.8 Å². The second-order valence-electron chi connectivity index (χ2n) is 11.2. The first-order valence-corrected chi connectivity index (χ1v) is 16.1. The monoisotopic (exact) mass is 600 g/mol. The minimum Gasteiger partial charge on any atom is -0.355 e. The van der Waals surface area contributed by atoms with Crippen molar-refractivity contribution in [3.8, 4) is 0 Å². The zero-order chi connectivity index (χ0) is 31.2. The van der Waals surface area contributed by atoms with Crippen molar-refractivity contribution in [1.29, 1.82) is 0 Å². The third-order valence-corrected chi connectivity index (χ3v) is 8.15. The summed E-state index contributed by atoms with van der Waals surface area (Å²) in [6, 6.07) is 16.8. The third kappa shape index (κ3) is 11.0. The Hall–Kier alpha value is -2.43. The summed E-state index contributed by atoms with van der Waals surface area (Å²) in [5.41, 5.74) is 7.53. The molecule has 3 N–H and O–H groups in total. The molecule has 2 aromatic carbocycles. The van der Waals surface area contributed by atoms with E-state index in [0.29, 0.717) is 6.54 Å². The standard InChI is InChI=1S/C21H31FN4O.C7H8S.C5H14N2/c1-14-10-17(16(3)23-4)18-12-20(24(5)21(27)19(18)11-14)26-8-6-25(7-9-26)13-15(2)22;1-8-7-5-3-2-4-6-7;1-7(2)5-3-4-6/h10-12,15-16,23H,6-9,13H2,1-5H3;2-6H,1H3;3-6H2,1-2H3/t15?,16-;;/m1../s1. The van der Waals surface area contributed by atoms with Crippen LogP contribution in [0.5, 0.6) is 0 Å². The van der Waals surface area contributed by atoms with Crippen LogP contribution in [-0.2, 0) is 7.05 Å². The van der Waals surface area contributed by atoms with E-state index >= 15 is 0 Å². The zero-order valence-electron chi connectivity index (χ0n) is 27.0. The summed E-state index contributed by atoms with van der Waals surface area (Å²) in [6.45, 7) is 11.4. The number of nitrogens with zero attached hydrogens (tertiary/aromatic N) is 4. The molecule has 4 rings (SSSR count). The quantitative estimate of drug-likeness (QED) is 0.338. The van der Waals surface area contributed by atoms with Gasteiger partial charge in [-0.3, -0.25) is 14.3 Å². The van der Waals surface area contributed by atoms with Gasteiger partial charge in [-0.05, 0) is 108 Å². The molecule has 2 heterocycles. The van der Waals surface area contributed by atoms with Crippen molar-refractivity contribution < 1.29 is 4.39 Å². The van der Waals surface area contributed by atoms with Crippen LogP contribution in [0.15, 0.2) is 58.2 Å². The van der Waals surface area contributed by atoms with Crippen LogP contribution >= 0.6 is 11.8 Å².